The van der Waals surface area contributed by atoms with Gasteiger partial charge in [0, 0.05) is 17.4 Å². The van der Waals surface area contributed by atoms with Crippen molar-refractivity contribution in [2.45, 2.75) is 26.3 Å². The lowest BCUT2D eigenvalue weighted by Gasteiger charge is -2.07. The molecule has 0 atom stereocenters. The Bertz CT molecular complexity index is 772. The minimum atomic E-state index is -1.08. The van der Waals surface area contributed by atoms with Gasteiger partial charge in [-0.05, 0) is 25.5 Å². The number of aromatic nitrogens is 1. The Kier molecular flexibility index (Phi) is 6.64. The minimum Gasteiger partial charge on any atom is -0.494 e. The van der Waals surface area contributed by atoms with Crippen molar-refractivity contribution >= 4 is 29.0 Å². The van der Waals surface area contributed by atoms with Crippen LogP contribution in [-0.2, 0) is 11.3 Å². The summed E-state index contributed by atoms with van der Waals surface area (Å²) in [5.74, 6) is -0.678. The van der Waals surface area contributed by atoms with E-state index >= 15 is 0 Å². The molecule has 0 unspecified atom stereocenters. The predicted molar refractivity (Wildman–Crippen MR) is 92.1 cm³/mol. The highest BCUT2D eigenvalue weighted by Gasteiger charge is 2.09. The fourth-order valence-corrected chi connectivity index (χ4v) is 2.69. The van der Waals surface area contributed by atoms with Crippen molar-refractivity contribution in [3.8, 4) is 5.75 Å². The molecule has 0 spiro atoms. The fraction of sp³-hybridized carbons (Fsp3) is 0.294. The van der Waals surface area contributed by atoms with Gasteiger partial charge in [0.25, 0.3) is 0 Å². The van der Waals surface area contributed by atoms with Crippen LogP contribution in [0, 0.1) is 0 Å². The maximum Gasteiger partial charge on any atom is 0.355 e. The molecule has 25 heavy (non-hydrogen) atoms. The summed E-state index contributed by atoms with van der Waals surface area (Å²) in [6, 6.07) is 6.90. The number of Topliss-reactive ketones (excluding diaryl/α,β-unsaturated/α-hetero) is 1. The fourth-order valence-electron chi connectivity index (χ4n) is 1.98. The molecule has 8 heteroatoms. The summed E-state index contributed by atoms with van der Waals surface area (Å²) in [7, 11) is 0. The second kappa shape index (κ2) is 8.93. The lowest BCUT2D eigenvalue weighted by molar-refractivity contribution is -0.121. The number of carbonyl (C=O) groups excluding carboxylic acids is 2. The second-order valence-electron chi connectivity index (χ2n) is 5.24. The van der Waals surface area contributed by atoms with E-state index in [1.165, 1.54) is 23.6 Å². The monoisotopic (exact) mass is 362 g/mol. The summed E-state index contributed by atoms with van der Waals surface area (Å²) < 4.78 is 5.53. The first-order chi connectivity index (χ1) is 12.0. The molecule has 1 aromatic carbocycles. The Balaban J connectivity index is 1.67. The first-order valence-electron chi connectivity index (χ1n) is 7.64. The van der Waals surface area contributed by atoms with E-state index in [4.69, 9.17) is 9.84 Å². The molecule has 0 aliphatic heterocycles. The lowest BCUT2D eigenvalue weighted by Crippen LogP contribution is -2.23. The van der Waals surface area contributed by atoms with Crippen LogP contribution < -0.4 is 10.1 Å². The predicted octanol–water partition coefficient (Wildman–Crippen LogP) is 2.52. The SMILES string of the molecule is CC(=O)c1cccc(OCCCC(=O)NCc2nc(C(=O)O)cs2)c1. The quantitative estimate of drug-likeness (QED) is 0.524. The summed E-state index contributed by atoms with van der Waals surface area (Å²) in [5, 5.41) is 13.5. The standard InChI is InChI=1S/C17H18N2O5S/c1-11(20)12-4-2-5-13(8-12)24-7-3-6-15(21)18-9-16-19-14(10-25-16)17(22)23/h2,4-5,8,10H,3,6-7,9H2,1H3,(H,18,21)(H,22,23). The van der Waals surface area contributed by atoms with Gasteiger partial charge in [-0.25, -0.2) is 9.78 Å². The van der Waals surface area contributed by atoms with Crippen LogP contribution in [0.15, 0.2) is 29.6 Å². The van der Waals surface area contributed by atoms with Crippen LogP contribution in [0.4, 0.5) is 0 Å². The number of carboxylic acids is 1. The largest absolute Gasteiger partial charge is 0.494 e. The van der Waals surface area contributed by atoms with E-state index in [0.29, 0.717) is 29.3 Å². The lowest BCUT2D eigenvalue weighted by atomic mass is 10.1. The van der Waals surface area contributed by atoms with E-state index in [1.807, 2.05) is 0 Å². The molecule has 7 nitrogen and oxygen atoms in total. The number of carboxylic acid groups (broad SMARTS) is 1. The number of aromatic carboxylic acids is 1. The highest BCUT2D eigenvalue weighted by molar-refractivity contribution is 7.09. The topological polar surface area (TPSA) is 106 Å². The third-order valence-electron chi connectivity index (χ3n) is 3.27. The van der Waals surface area contributed by atoms with Crippen molar-refractivity contribution in [2.75, 3.05) is 6.61 Å². The van der Waals surface area contributed by atoms with Gasteiger partial charge in [0.15, 0.2) is 11.5 Å². The first kappa shape index (κ1) is 18.6. The Hall–Kier alpha value is -2.74. The number of hydrogen-bond acceptors (Lipinski definition) is 6. The molecule has 1 amide bonds. The van der Waals surface area contributed by atoms with E-state index in [1.54, 1.807) is 24.3 Å². The van der Waals surface area contributed by atoms with Crippen LogP contribution in [-0.4, -0.2) is 34.4 Å². The minimum absolute atomic E-state index is 0.0181. The van der Waals surface area contributed by atoms with E-state index in [0.717, 1.165) is 0 Å². The number of benzene rings is 1. The molecule has 1 aromatic heterocycles. The smallest absolute Gasteiger partial charge is 0.355 e. The van der Waals surface area contributed by atoms with E-state index in [9.17, 15) is 14.4 Å². The molecule has 0 aliphatic rings. The zero-order valence-electron chi connectivity index (χ0n) is 13.7. The summed E-state index contributed by atoms with van der Waals surface area (Å²) in [5.41, 5.74) is 0.565. The van der Waals surface area contributed by atoms with Gasteiger partial charge >= 0.3 is 5.97 Å². The number of carbonyl (C=O) groups is 3. The zero-order chi connectivity index (χ0) is 18.2. The first-order valence-corrected chi connectivity index (χ1v) is 8.52. The summed E-state index contributed by atoms with van der Waals surface area (Å²) in [6.07, 6.45) is 0.804. The molecular weight excluding hydrogens is 344 g/mol. The number of ketones is 1. The van der Waals surface area contributed by atoms with E-state index in [-0.39, 0.29) is 30.3 Å². The van der Waals surface area contributed by atoms with Crippen molar-refractivity contribution in [1.82, 2.24) is 10.3 Å². The van der Waals surface area contributed by atoms with Crippen molar-refractivity contribution in [1.29, 1.82) is 0 Å². The van der Waals surface area contributed by atoms with Crippen molar-refractivity contribution in [3.05, 3.63) is 45.9 Å². The van der Waals surface area contributed by atoms with E-state index < -0.39 is 5.97 Å². The van der Waals surface area contributed by atoms with Crippen LogP contribution in [0.25, 0.3) is 0 Å². The Morgan fingerprint density at radius 1 is 1.32 bits per heavy atom. The molecule has 2 rings (SSSR count). The number of hydrogen-bond donors (Lipinski definition) is 2. The second-order valence-corrected chi connectivity index (χ2v) is 6.19. The summed E-state index contributed by atoms with van der Waals surface area (Å²) in [6.45, 7) is 2.05. The molecule has 2 N–H and O–H groups in total. The highest BCUT2D eigenvalue weighted by Crippen LogP contribution is 2.14. The van der Waals surface area contributed by atoms with Gasteiger partial charge in [-0.1, -0.05) is 12.1 Å². The molecule has 0 bridgehead atoms. The number of nitrogens with one attached hydrogen (secondary N) is 1. The van der Waals surface area contributed by atoms with Crippen molar-refractivity contribution < 1.29 is 24.2 Å². The van der Waals surface area contributed by atoms with Crippen LogP contribution in [0.3, 0.4) is 0 Å². The van der Waals surface area contributed by atoms with Crippen LogP contribution in [0.5, 0.6) is 5.75 Å². The number of thiazole rings is 1. The Morgan fingerprint density at radius 3 is 2.80 bits per heavy atom. The maximum atomic E-state index is 11.8. The number of rotatable bonds is 9. The van der Waals surface area contributed by atoms with Crippen LogP contribution >= 0.6 is 11.3 Å². The third-order valence-corrected chi connectivity index (χ3v) is 4.11. The highest BCUT2D eigenvalue weighted by atomic mass is 32.1. The molecule has 132 valence electrons. The van der Waals surface area contributed by atoms with Gasteiger partial charge in [0.1, 0.15) is 10.8 Å². The van der Waals surface area contributed by atoms with Gasteiger partial charge in [0.05, 0.1) is 13.2 Å². The molecule has 2 aromatic rings. The number of nitrogens with zero attached hydrogens (tertiary/aromatic N) is 1. The molecule has 0 saturated carbocycles. The normalized spacial score (nSPS) is 10.3. The molecule has 1 heterocycles. The summed E-state index contributed by atoms with van der Waals surface area (Å²) >= 11 is 1.19. The third kappa shape index (κ3) is 6.00. The van der Waals surface area contributed by atoms with Crippen molar-refractivity contribution in [2.24, 2.45) is 0 Å². The van der Waals surface area contributed by atoms with Crippen molar-refractivity contribution in [3.63, 3.8) is 0 Å². The molecule has 0 radical (unpaired) electrons. The Morgan fingerprint density at radius 2 is 2.12 bits per heavy atom. The molecule has 0 fully saturated rings. The number of amides is 1. The number of ether oxygens (including phenoxy) is 1. The van der Waals surface area contributed by atoms with E-state index in [2.05, 4.69) is 10.3 Å². The molecular formula is C17H18N2O5S. The zero-order valence-corrected chi connectivity index (χ0v) is 14.5. The maximum absolute atomic E-state index is 11.8. The van der Waals surface area contributed by atoms with Gasteiger partial charge < -0.3 is 15.2 Å². The average Bonchev–Trinajstić information content (AvgIpc) is 3.06. The van der Waals surface area contributed by atoms with Crippen LogP contribution in [0.2, 0.25) is 0 Å². The van der Waals surface area contributed by atoms with Gasteiger partial charge in [-0.15, -0.1) is 11.3 Å². The van der Waals surface area contributed by atoms with Gasteiger partial charge in [0.2, 0.25) is 5.91 Å². The summed E-state index contributed by atoms with van der Waals surface area (Å²) in [4.78, 5) is 37.7. The van der Waals surface area contributed by atoms with Gasteiger partial charge in [-0.3, -0.25) is 9.59 Å². The van der Waals surface area contributed by atoms with Gasteiger partial charge in [-0.2, -0.15) is 0 Å². The Labute approximate surface area is 148 Å². The average molecular weight is 362 g/mol. The molecule has 0 aliphatic carbocycles. The van der Waals surface area contributed by atoms with Crippen LogP contribution in [0.1, 0.15) is 45.6 Å². The molecule has 0 saturated heterocycles.